The Labute approximate surface area is 148 Å². The number of sulfonamides is 1. The summed E-state index contributed by atoms with van der Waals surface area (Å²) in [6, 6.07) is 4.06. The Morgan fingerprint density at radius 1 is 1.28 bits per heavy atom. The van der Waals surface area contributed by atoms with Crippen molar-refractivity contribution >= 4 is 21.9 Å². The van der Waals surface area contributed by atoms with Gasteiger partial charge in [0.1, 0.15) is 0 Å². The molecule has 2 atom stereocenters. The molecule has 138 valence electrons. The van der Waals surface area contributed by atoms with Gasteiger partial charge in [-0.05, 0) is 43.4 Å². The Morgan fingerprint density at radius 3 is 2.60 bits per heavy atom. The predicted octanol–water partition coefficient (Wildman–Crippen LogP) is 1.49. The lowest BCUT2D eigenvalue weighted by molar-refractivity contribution is -0.125. The highest BCUT2D eigenvalue weighted by atomic mass is 32.2. The van der Waals surface area contributed by atoms with Crippen LogP contribution in [0.4, 0.5) is 0 Å². The minimum atomic E-state index is -3.92. The lowest BCUT2D eigenvalue weighted by atomic mass is 9.86. The molecule has 7 nitrogen and oxygen atoms in total. The molecule has 0 saturated heterocycles. The highest BCUT2D eigenvalue weighted by molar-refractivity contribution is 7.89. The second kappa shape index (κ2) is 7.97. The van der Waals surface area contributed by atoms with E-state index < -0.39 is 22.6 Å². The van der Waals surface area contributed by atoms with Gasteiger partial charge in [0, 0.05) is 6.04 Å². The van der Waals surface area contributed by atoms with Crippen LogP contribution in [-0.2, 0) is 19.6 Å². The van der Waals surface area contributed by atoms with Crippen molar-refractivity contribution in [1.82, 2.24) is 5.32 Å². The van der Waals surface area contributed by atoms with Crippen molar-refractivity contribution in [3.63, 3.8) is 0 Å². The molecule has 0 spiro atoms. The number of hydrogen-bond donors (Lipinski definition) is 2. The number of carbonyl (C=O) groups excluding carboxylic acids is 2. The maximum absolute atomic E-state index is 12.2. The molecule has 1 aromatic carbocycles. The van der Waals surface area contributed by atoms with Gasteiger partial charge in [-0.25, -0.2) is 18.4 Å². The first-order valence-corrected chi connectivity index (χ1v) is 9.83. The Balaban J connectivity index is 1.97. The molecule has 1 fully saturated rings. The molecule has 0 aromatic heterocycles. The molecule has 3 N–H and O–H groups in total. The van der Waals surface area contributed by atoms with Gasteiger partial charge in [0.2, 0.25) is 10.0 Å². The molecular formula is C17H24N2O5S. The van der Waals surface area contributed by atoms with Crippen LogP contribution >= 0.6 is 0 Å². The molecule has 0 heterocycles. The van der Waals surface area contributed by atoms with Gasteiger partial charge in [0.15, 0.2) is 6.61 Å². The van der Waals surface area contributed by atoms with Crippen molar-refractivity contribution < 1.29 is 22.7 Å². The predicted molar refractivity (Wildman–Crippen MR) is 92.4 cm³/mol. The Bertz CT molecular complexity index is 760. The van der Waals surface area contributed by atoms with E-state index in [1.807, 2.05) is 0 Å². The molecule has 0 aliphatic heterocycles. The number of esters is 1. The fourth-order valence-corrected chi connectivity index (χ4v) is 3.53. The molecule has 1 amide bonds. The molecular weight excluding hydrogens is 344 g/mol. The maximum Gasteiger partial charge on any atom is 0.338 e. The fourth-order valence-electron chi connectivity index (χ4n) is 2.99. The molecule has 1 aliphatic rings. The van der Waals surface area contributed by atoms with Crippen LogP contribution in [0.25, 0.3) is 0 Å². The van der Waals surface area contributed by atoms with Crippen LogP contribution in [0.15, 0.2) is 23.1 Å². The number of nitrogens with two attached hydrogens (primary N) is 1. The fraction of sp³-hybridized carbons (Fsp3) is 0.529. The third-order valence-electron chi connectivity index (χ3n) is 4.55. The number of hydrogen-bond acceptors (Lipinski definition) is 5. The third-order valence-corrected chi connectivity index (χ3v) is 5.46. The SMILES string of the molecule is Cc1ccc(S(N)(=O)=O)cc1C(=O)OCC(=O)NC1CCCCC1C. The second-order valence-corrected chi connectivity index (χ2v) is 8.10. The van der Waals surface area contributed by atoms with E-state index in [0.717, 1.165) is 25.3 Å². The highest BCUT2D eigenvalue weighted by Crippen LogP contribution is 2.23. The first kappa shape index (κ1) is 19.4. The molecule has 1 aromatic rings. The topological polar surface area (TPSA) is 116 Å². The van der Waals surface area contributed by atoms with Crippen LogP contribution < -0.4 is 10.5 Å². The molecule has 25 heavy (non-hydrogen) atoms. The van der Waals surface area contributed by atoms with Crippen molar-refractivity contribution in [3.8, 4) is 0 Å². The number of benzene rings is 1. The lowest BCUT2D eigenvalue weighted by Gasteiger charge is -2.29. The zero-order valence-corrected chi connectivity index (χ0v) is 15.3. The average Bonchev–Trinajstić information content (AvgIpc) is 2.54. The van der Waals surface area contributed by atoms with E-state index in [9.17, 15) is 18.0 Å². The third kappa shape index (κ3) is 5.27. The normalized spacial score (nSPS) is 20.8. The van der Waals surface area contributed by atoms with E-state index in [1.165, 1.54) is 18.6 Å². The first-order valence-electron chi connectivity index (χ1n) is 8.28. The largest absolute Gasteiger partial charge is 0.452 e. The highest BCUT2D eigenvalue weighted by Gasteiger charge is 2.23. The van der Waals surface area contributed by atoms with Gasteiger partial charge in [-0.2, -0.15) is 0 Å². The Kier molecular flexibility index (Phi) is 6.18. The molecule has 2 rings (SSSR count). The van der Waals surface area contributed by atoms with E-state index in [4.69, 9.17) is 9.88 Å². The van der Waals surface area contributed by atoms with Crippen LogP contribution in [0.3, 0.4) is 0 Å². The van der Waals surface area contributed by atoms with E-state index in [1.54, 1.807) is 6.92 Å². The van der Waals surface area contributed by atoms with Gasteiger partial charge in [0.25, 0.3) is 5.91 Å². The van der Waals surface area contributed by atoms with Gasteiger partial charge in [-0.1, -0.05) is 25.8 Å². The van der Waals surface area contributed by atoms with Crippen molar-refractivity contribution in [2.75, 3.05) is 6.61 Å². The molecule has 0 radical (unpaired) electrons. The van der Waals surface area contributed by atoms with E-state index in [-0.39, 0.29) is 22.4 Å². The van der Waals surface area contributed by atoms with Crippen molar-refractivity contribution in [2.24, 2.45) is 11.1 Å². The Hall–Kier alpha value is -1.93. The second-order valence-electron chi connectivity index (χ2n) is 6.53. The number of nitrogens with one attached hydrogen (secondary N) is 1. The van der Waals surface area contributed by atoms with Gasteiger partial charge in [0.05, 0.1) is 10.5 Å². The molecule has 0 bridgehead atoms. The summed E-state index contributed by atoms with van der Waals surface area (Å²) in [5, 5.41) is 7.96. The van der Waals surface area contributed by atoms with E-state index in [2.05, 4.69) is 12.2 Å². The average molecular weight is 368 g/mol. The van der Waals surface area contributed by atoms with Crippen molar-refractivity contribution in [1.29, 1.82) is 0 Å². The number of rotatable bonds is 5. The minimum absolute atomic E-state index is 0.0744. The monoisotopic (exact) mass is 368 g/mol. The van der Waals surface area contributed by atoms with Crippen LogP contribution in [0.2, 0.25) is 0 Å². The standard InChI is InChI=1S/C17H24N2O5S/c1-11-7-8-13(25(18,22)23)9-14(11)17(21)24-10-16(20)19-15-6-4-3-5-12(15)2/h7-9,12,15H,3-6,10H2,1-2H3,(H,19,20)(H2,18,22,23). The van der Waals surface area contributed by atoms with Crippen LogP contribution in [-0.4, -0.2) is 32.9 Å². The summed E-state index contributed by atoms with van der Waals surface area (Å²) < 4.78 is 27.8. The number of amides is 1. The van der Waals surface area contributed by atoms with Crippen LogP contribution in [0.1, 0.15) is 48.5 Å². The minimum Gasteiger partial charge on any atom is -0.452 e. The first-order chi connectivity index (χ1) is 11.7. The summed E-state index contributed by atoms with van der Waals surface area (Å²) in [5.74, 6) is -0.704. The van der Waals surface area contributed by atoms with Crippen LogP contribution in [0, 0.1) is 12.8 Å². The van der Waals surface area contributed by atoms with Gasteiger partial charge < -0.3 is 10.1 Å². The summed E-state index contributed by atoms with van der Waals surface area (Å²) in [6.07, 6.45) is 4.25. The van der Waals surface area contributed by atoms with Gasteiger partial charge in [-0.3, -0.25) is 4.79 Å². The smallest absolute Gasteiger partial charge is 0.338 e. The molecule has 8 heteroatoms. The summed E-state index contributed by atoms with van der Waals surface area (Å²) in [6.45, 7) is 3.34. The zero-order chi connectivity index (χ0) is 18.6. The lowest BCUT2D eigenvalue weighted by Crippen LogP contribution is -2.42. The quantitative estimate of drug-likeness (QED) is 0.764. The van der Waals surface area contributed by atoms with Gasteiger partial charge >= 0.3 is 5.97 Å². The zero-order valence-electron chi connectivity index (χ0n) is 14.4. The molecule has 1 saturated carbocycles. The number of ether oxygens (including phenoxy) is 1. The molecule has 2 unspecified atom stereocenters. The summed E-state index contributed by atoms with van der Waals surface area (Å²) in [5.41, 5.74) is 0.615. The van der Waals surface area contributed by atoms with Crippen molar-refractivity contribution in [3.05, 3.63) is 29.3 Å². The summed E-state index contributed by atoms with van der Waals surface area (Å²) >= 11 is 0. The number of aryl methyl sites for hydroxylation is 1. The van der Waals surface area contributed by atoms with E-state index >= 15 is 0 Å². The summed E-state index contributed by atoms with van der Waals surface area (Å²) in [4.78, 5) is 24.0. The van der Waals surface area contributed by atoms with Gasteiger partial charge in [-0.15, -0.1) is 0 Å². The Morgan fingerprint density at radius 2 is 1.96 bits per heavy atom. The number of carbonyl (C=O) groups is 2. The summed E-state index contributed by atoms with van der Waals surface area (Å²) in [7, 11) is -3.92. The van der Waals surface area contributed by atoms with Crippen LogP contribution in [0.5, 0.6) is 0 Å². The van der Waals surface area contributed by atoms with E-state index in [0.29, 0.717) is 11.5 Å². The van der Waals surface area contributed by atoms with Crippen molar-refractivity contribution in [2.45, 2.75) is 50.5 Å². The number of primary sulfonamides is 1. The maximum atomic E-state index is 12.2. The molecule has 1 aliphatic carbocycles.